The maximum Gasteiger partial charge on any atom is 0.390 e. The van der Waals surface area contributed by atoms with E-state index < -0.39 is 24.8 Å². The molecule has 132 valence electrons. The van der Waals surface area contributed by atoms with E-state index >= 15 is 0 Å². The largest absolute Gasteiger partial charge is 0.400 e. The summed E-state index contributed by atoms with van der Waals surface area (Å²) in [6.45, 7) is -0.891. The summed E-state index contributed by atoms with van der Waals surface area (Å²) < 4.78 is 38.9. The van der Waals surface area contributed by atoms with Gasteiger partial charge in [-0.15, -0.1) is 5.10 Å². The van der Waals surface area contributed by atoms with Crippen molar-refractivity contribution in [1.29, 1.82) is 0 Å². The Kier molecular flexibility index (Phi) is 7.18. The molecule has 1 N–H and O–H groups in total. The molecule has 0 aliphatic rings. The number of halogens is 4. The number of rotatable bonds is 5. The minimum Gasteiger partial charge on any atom is -0.400 e. The zero-order valence-corrected chi connectivity index (χ0v) is 13.4. The molecule has 1 aromatic heterocycles. The fourth-order valence-corrected chi connectivity index (χ4v) is 2.01. The molecule has 0 saturated heterocycles. The summed E-state index contributed by atoms with van der Waals surface area (Å²) in [4.78, 5) is 22.6. The van der Waals surface area contributed by atoms with E-state index in [1.54, 1.807) is 12.1 Å². The van der Waals surface area contributed by atoms with E-state index in [2.05, 4.69) is 5.10 Å². The SMILES string of the molecule is CO.O=CCn1nc(-c2ccc(Cl)cc2)n(CCC(F)(F)F)c1=O. The summed E-state index contributed by atoms with van der Waals surface area (Å²) in [5.74, 6) is 0.0627. The molecule has 0 bridgehead atoms. The second-order valence-electron chi connectivity index (χ2n) is 4.48. The van der Waals surface area contributed by atoms with Gasteiger partial charge in [0.15, 0.2) is 5.82 Å². The first kappa shape index (κ1) is 19.9. The minimum absolute atomic E-state index is 0.0627. The third-order valence-corrected chi connectivity index (χ3v) is 3.14. The van der Waals surface area contributed by atoms with Crippen LogP contribution in [0.25, 0.3) is 11.4 Å². The maximum absolute atomic E-state index is 12.4. The van der Waals surface area contributed by atoms with E-state index in [0.29, 0.717) is 16.9 Å². The van der Waals surface area contributed by atoms with Crippen LogP contribution in [0.4, 0.5) is 13.2 Å². The van der Waals surface area contributed by atoms with Crippen LogP contribution < -0.4 is 5.69 Å². The molecule has 1 aromatic carbocycles. The van der Waals surface area contributed by atoms with Gasteiger partial charge in [0, 0.05) is 24.2 Å². The number of hydrogen-bond acceptors (Lipinski definition) is 4. The molecule has 0 unspecified atom stereocenters. The molecule has 2 rings (SSSR count). The monoisotopic (exact) mass is 365 g/mol. The summed E-state index contributed by atoms with van der Waals surface area (Å²) in [6.07, 6.45) is -5.11. The van der Waals surface area contributed by atoms with Crippen molar-refractivity contribution < 1.29 is 23.1 Å². The van der Waals surface area contributed by atoms with Gasteiger partial charge in [-0.25, -0.2) is 9.48 Å². The lowest BCUT2D eigenvalue weighted by molar-refractivity contribution is -0.136. The molecule has 2 aromatic rings. The van der Waals surface area contributed by atoms with Crippen molar-refractivity contribution in [3.8, 4) is 11.4 Å². The molecule has 0 atom stereocenters. The molecular weight excluding hydrogens is 351 g/mol. The van der Waals surface area contributed by atoms with Crippen LogP contribution in [-0.4, -0.2) is 39.0 Å². The number of alkyl halides is 3. The highest BCUT2D eigenvalue weighted by Gasteiger charge is 2.28. The van der Waals surface area contributed by atoms with Gasteiger partial charge in [0.05, 0.1) is 6.42 Å². The van der Waals surface area contributed by atoms with Gasteiger partial charge < -0.3 is 9.90 Å². The quantitative estimate of drug-likeness (QED) is 0.823. The predicted molar refractivity (Wildman–Crippen MR) is 81.8 cm³/mol. The molecule has 0 amide bonds. The Morgan fingerprint density at radius 1 is 1.25 bits per heavy atom. The van der Waals surface area contributed by atoms with Gasteiger partial charge in [-0.2, -0.15) is 13.2 Å². The van der Waals surface area contributed by atoms with E-state index in [0.717, 1.165) is 16.4 Å². The first-order chi connectivity index (χ1) is 11.3. The van der Waals surface area contributed by atoms with E-state index in [-0.39, 0.29) is 12.4 Å². The lowest BCUT2D eigenvalue weighted by Crippen LogP contribution is -2.27. The number of aliphatic hydroxyl groups excluding tert-OH is 1. The van der Waals surface area contributed by atoms with Crippen LogP contribution in [0.3, 0.4) is 0 Å². The Morgan fingerprint density at radius 3 is 2.33 bits per heavy atom. The van der Waals surface area contributed by atoms with Crippen molar-refractivity contribution >= 4 is 17.9 Å². The zero-order valence-electron chi connectivity index (χ0n) is 12.6. The second-order valence-corrected chi connectivity index (χ2v) is 4.92. The van der Waals surface area contributed by atoms with Crippen molar-refractivity contribution in [2.75, 3.05) is 7.11 Å². The molecule has 10 heteroatoms. The van der Waals surface area contributed by atoms with Crippen molar-refractivity contribution in [2.24, 2.45) is 0 Å². The second kappa shape index (κ2) is 8.65. The Bertz CT molecular complexity index is 724. The van der Waals surface area contributed by atoms with Crippen LogP contribution in [0.2, 0.25) is 5.02 Å². The fourth-order valence-electron chi connectivity index (χ4n) is 1.88. The number of aromatic nitrogens is 3. The highest BCUT2D eigenvalue weighted by molar-refractivity contribution is 6.30. The minimum atomic E-state index is -4.40. The number of carbonyl (C=O) groups excluding carboxylic acids is 1. The molecule has 1 heterocycles. The normalized spacial score (nSPS) is 10.9. The maximum atomic E-state index is 12.4. The number of benzene rings is 1. The van der Waals surface area contributed by atoms with Gasteiger partial charge in [0.1, 0.15) is 12.8 Å². The van der Waals surface area contributed by atoms with Crippen LogP contribution in [0.5, 0.6) is 0 Å². The van der Waals surface area contributed by atoms with Crippen molar-refractivity contribution in [3.05, 3.63) is 39.8 Å². The molecule has 0 fully saturated rings. The van der Waals surface area contributed by atoms with Crippen molar-refractivity contribution in [1.82, 2.24) is 14.3 Å². The van der Waals surface area contributed by atoms with Gasteiger partial charge in [-0.05, 0) is 24.3 Å². The third kappa shape index (κ3) is 5.20. The van der Waals surface area contributed by atoms with E-state index in [4.69, 9.17) is 16.7 Å². The number of nitrogens with zero attached hydrogens (tertiary/aromatic N) is 3. The molecule has 0 spiro atoms. The Hall–Kier alpha value is -2.13. The molecule has 0 saturated carbocycles. The third-order valence-electron chi connectivity index (χ3n) is 2.89. The number of aliphatic hydroxyl groups is 1. The van der Waals surface area contributed by atoms with Gasteiger partial charge >= 0.3 is 11.9 Å². The van der Waals surface area contributed by atoms with Crippen LogP contribution >= 0.6 is 11.6 Å². The molecule has 6 nitrogen and oxygen atoms in total. The molecule has 0 aliphatic carbocycles. The summed E-state index contributed by atoms with van der Waals surface area (Å²) in [5, 5.41) is 11.4. The van der Waals surface area contributed by atoms with E-state index in [1.807, 2.05) is 0 Å². The average molecular weight is 366 g/mol. The first-order valence-electron chi connectivity index (χ1n) is 6.70. The highest BCUT2D eigenvalue weighted by atomic mass is 35.5. The predicted octanol–water partition coefficient (Wildman–Crippen LogP) is 2.12. The number of aldehydes is 1. The molecule has 24 heavy (non-hydrogen) atoms. The summed E-state index contributed by atoms with van der Waals surface area (Å²) in [6, 6.07) is 6.15. The Balaban J connectivity index is 0.00000139. The molecule has 0 radical (unpaired) electrons. The highest BCUT2D eigenvalue weighted by Crippen LogP contribution is 2.23. The number of hydrogen-bond donors (Lipinski definition) is 1. The van der Waals surface area contributed by atoms with Crippen LogP contribution in [-0.2, 0) is 17.9 Å². The van der Waals surface area contributed by atoms with E-state index in [1.165, 1.54) is 12.1 Å². The van der Waals surface area contributed by atoms with Gasteiger partial charge in [0.2, 0.25) is 0 Å². The van der Waals surface area contributed by atoms with E-state index in [9.17, 15) is 22.8 Å². The van der Waals surface area contributed by atoms with Gasteiger partial charge in [0.25, 0.3) is 0 Å². The van der Waals surface area contributed by atoms with Crippen LogP contribution in [0.15, 0.2) is 29.1 Å². The van der Waals surface area contributed by atoms with Gasteiger partial charge in [-0.1, -0.05) is 11.6 Å². The summed E-state index contributed by atoms with van der Waals surface area (Å²) >= 11 is 5.76. The lowest BCUT2D eigenvalue weighted by atomic mass is 10.2. The standard InChI is InChI=1S/C13H11ClF3N3O2.CH4O/c14-10-3-1-9(2-4-10)11-18-20(7-8-21)12(22)19(11)6-5-13(15,16)17;1-2/h1-4,8H,5-7H2;2H,1H3. The first-order valence-corrected chi connectivity index (χ1v) is 7.08. The van der Waals surface area contributed by atoms with Crippen LogP contribution in [0.1, 0.15) is 6.42 Å². The topological polar surface area (TPSA) is 77.1 Å². The molecular formula is C14H15ClF3N3O3. The zero-order chi connectivity index (χ0) is 18.3. The van der Waals surface area contributed by atoms with Crippen LogP contribution in [0, 0.1) is 0 Å². The van der Waals surface area contributed by atoms with Crippen molar-refractivity contribution in [3.63, 3.8) is 0 Å². The Morgan fingerprint density at radius 2 is 1.83 bits per heavy atom. The molecule has 0 aliphatic heterocycles. The number of carbonyl (C=O) groups is 1. The fraction of sp³-hybridized carbons (Fsp3) is 0.357. The average Bonchev–Trinajstić information content (AvgIpc) is 2.84. The Labute approximate surface area is 140 Å². The van der Waals surface area contributed by atoms with Gasteiger partial charge in [-0.3, -0.25) is 4.57 Å². The summed E-state index contributed by atoms with van der Waals surface area (Å²) in [5.41, 5.74) is -0.324. The smallest absolute Gasteiger partial charge is 0.390 e. The lowest BCUT2D eigenvalue weighted by Gasteiger charge is -2.08. The van der Waals surface area contributed by atoms with Crippen molar-refractivity contribution in [2.45, 2.75) is 25.7 Å². The summed E-state index contributed by atoms with van der Waals surface area (Å²) in [7, 11) is 1.00.